The predicted molar refractivity (Wildman–Crippen MR) is 126 cm³/mol. The van der Waals surface area contributed by atoms with Crippen LogP contribution in [0.25, 0.3) is 29.1 Å². The number of fused-ring (bicyclic) bond motifs is 1. The molecule has 36 heavy (non-hydrogen) atoms. The van der Waals surface area contributed by atoms with Gasteiger partial charge in [0, 0.05) is 42.8 Å². The zero-order valence-electron chi connectivity index (χ0n) is 18.7. The first kappa shape index (κ1) is 23.2. The topological polar surface area (TPSA) is 78.2 Å². The van der Waals surface area contributed by atoms with Gasteiger partial charge in [-0.2, -0.15) is 17.9 Å². The second-order valence-electron chi connectivity index (χ2n) is 8.05. The SMILES string of the molecule is O=C1NCCc2c1cc(-c1ccnc(C=Cc3cccc(-n4cccc4)c3)c1)n2OC(=O)C(F)(F)F. The van der Waals surface area contributed by atoms with Gasteiger partial charge in [-0.15, -0.1) is 0 Å². The molecule has 0 saturated carbocycles. The van der Waals surface area contributed by atoms with Crippen molar-refractivity contribution in [2.24, 2.45) is 0 Å². The number of rotatable bonds is 5. The van der Waals surface area contributed by atoms with Gasteiger partial charge in [0.1, 0.15) is 0 Å². The molecule has 0 fully saturated rings. The lowest BCUT2D eigenvalue weighted by Gasteiger charge is -2.17. The standard InChI is InChI=1S/C26H19F3N4O3/c27-26(28,29)25(35)36-33-22-9-11-31-24(34)21(22)16-23(33)18-8-10-30-19(15-18)7-6-17-4-3-5-20(14-17)32-12-1-2-13-32/h1-8,10,12-16H,9,11H2,(H,31,34). The van der Waals surface area contributed by atoms with Gasteiger partial charge >= 0.3 is 12.1 Å². The molecule has 10 heteroatoms. The van der Waals surface area contributed by atoms with E-state index in [0.29, 0.717) is 11.3 Å². The third kappa shape index (κ3) is 4.65. The molecule has 1 amide bonds. The summed E-state index contributed by atoms with van der Waals surface area (Å²) in [5.41, 5.74) is 3.35. The second kappa shape index (κ2) is 9.21. The van der Waals surface area contributed by atoms with Gasteiger partial charge in [-0.05, 0) is 54.1 Å². The normalized spacial score (nSPS) is 13.5. The summed E-state index contributed by atoms with van der Waals surface area (Å²) in [5, 5.41) is 2.64. The molecule has 0 atom stereocenters. The van der Waals surface area contributed by atoms with Crippen LogP contribution >= 0.6 is 0 Å². The highest BCUT2D eigenvalue weighted by Crippen LogP contribution is 2.29. The van der Waals surface area contributed by atoms with E-state index in [4.69, 9.17) is 4.84 Å². The molecule has 4 heterocycles. The van der Waals surface area contributed by atoms with Gasteiger partial charge in [-0.3, -0.25) is 9.78 Å². The van der Waals surface area contributed by atoms with Crippen LogP contribution in [-0.2, 0) is 11.2 Å². The Morgan fingerprint density at radius 2 is 1.86 bits per heavy atom. The first-order valence-electron chi connectivity index (χ1n) is 11.0. The van der Waals surface area contributed by atoms with Crippen LogP contribution in [0.5, 0.6) is 0 Å². The number of carbonyl (C=O) groups excluding carboxylic acids is 2. The number of hydrogen-bond donors (Lipinski definition) is 1. The van der Waals surface area contributed by atoms with Crippen molar-refractivity contribution in [1.29, 1.82) is 0 Å². The van der Waals surface area contributed by atoms with Gasteiger partial charge < -0.3 is 14.7 Å². The molecule has 4 aromatic rings. The van der Waals surface area contributed by atoms with Gasteiger partial charge in [-0.25, -0.2) is 4.79 Å². The van der Waals surface area contributed by atoms with Crippen molar-refractivity contribution in [1.82, 2.24) is 19.6 Å². The van der Waals surface area contributed by atoms with Crippen molar-refractivity contribution < 1.29 is 27.6 Å². The Kier molecular flexibility index (Phi) is 5.93. The lowest BCUT2D eigenvalue weighted by atomic mass is 10.1. The molecule has 7 nitrogen and oxygen atoms in total. The smallest absolute Gasteiger partial charge is 0.352 e. The lowest BCUT2D eigenvalue weighted by molar-refractivity contribution is -0.199. The summed E-state index contributed by atoms with van der Waals surface area (Å²) in [6, 6.07) is 16.3. The fraction of sp³-hybridized carbons (Fsp3) is 0.115. The Hall–Kier alpha value is -4.60. The molecule has 5 rings (SSSR count). The molecule has 1 aromatic carbocycles. The van der Waals surface area contributed by atoms with Gasteiger partial charge in [-0.1, -0.05) is 18.2 Å². The zero-order valence-corrected chi connectivity index (χ0v) is 18.7. The number of nitrogens with zero attached hydrogens (tertiary/aromatic N) is 3. The van der Waals surface area contributed by atoms with Gasteiger partial charge in [0.05, 0.1) is 22.6 Å². The molecule has 1 N–H and O–H groups in total. The third-order valence-electron chi connectivity index (χ3n) is 5.65. The summed E-state index contributed by atoms with van der Waals surface area (Å²) in [6.45, 7) is 0.214. The minimum Gasteiger partial charge on any atom is -0.352 e. The lowest BCUT2D eigenvalue weighted by Crippen LogP contribution is -2.37. The number of nitrogens with one attached hydrogen (secondary N) is 1. The number of hydrogen-bond acceptors (Lipinski definition) is 4. The van der Waals surface area contributed by atoms with Gasteiger partial charge in [0.25, 0.3) is 5.91 Å². The van der Waals surface area contributed by atoms with E-state index < -0.39 is 18.1 Å². The van der Waals surface area contributed by atoms with Crippen LogP contribution in [0.15, 0.2) is 73.2 Å². The Labute approximate surface area is 203 Å². The highest BCUT2D eigenvalue weighted by Gasteiger charge is 2.43. The second-order valence-corrected chi connectivity index (χ2v) is 8.05. The van der Waals surface area contributed by atoms with E-state index in [1.165, 1.54) is 12.3 Å². The number of pyridine rings is 1. The van der Waals surface area contributed by atoms with Crippen molar-refractivity contribution >= 4 is 24.0 Å². The van der Waals surface area contributed by atoms with Crippen LogP contribution in [0.2, 0.25) is 0 Å². The minimum atomic E-state index is -5.19. The molecule has 0 unspecified atom stereocenters. The predicted octanol–water partition coefficient (Wildman–Crippen LogP) is 4.31. The summed E-state index contributed by atoms with van der Waals surface area (Å²) >= 11 is 0. The molecule has 182 valence electrons. The van der Waals surface area contributed by atoms with E-state index in [-0.39, 0.29) is 29.9 Å². The Morgan fingerprint density at radius 3 is 2.64 bits per heavy atom. The highest BCUT2D eigenvalue weighted by molar-refractivity contribution is 5.98. The maximum Gasteiger partial charge on any atom is 0.493 e. The molecule has 0 spiro atoms. The number of amides is 1. The molecule has 1 aliphatic rings. The number of alkyl halides is 3. The van der Waals surface area contributed by atoms with Crippen LogP contribution in [-0.4, -0.2) is 38.9 Å². The van der Waals surface area contributed by atoms with Gasteiger partial charge in [0.2, 0.25) is 0 Å². The van der Waals surface area contributed by atoms with Crippen LogP contribution in [0.4, 0.5) is 13.2 Å². The van der Waals surface area contributed by atoms with Crippen molar-refractivity contribution in [3.05, 3.63) is 95.7 Å². The third-order valence-corrected chi connectivity index (χ3v) is 5.65. The van der Waals surface area contributed by atoms with E-state index >= 15 is 0 Å². The van der Waals surface area contributed by atoms with E-state index in [0.717, 1.165) is 16.0 Å². The maximum atomic E-state index is 12.9. The average molecular weight is 492 g/mol. The maximum absolute atomic E-state index is 12.9. The summed E-state index contributed by atoms with van der Waals surface area (Å²) in [6.07, 6.45) is 4.02. The first-order valence-corrected chi connectivity index (χ1v) is 11.0. The monoisotopic (exact) mass is 492 g/mol. The quantitative estimate of drug-likeness (QED) is 0.450. The van der Waals surface area contributed by atoms with Crippen molar-refractivity contribution in [2.45, 2.75) is 12.6 Å². The minimum absolute atomic E-state index is 0.140. The van der Waals surface area contributed by atoms with Crippen LogP contribution in [0.3, 0.4) is 0 Å². The van der Waals surface area contributed by atoms with Crippen LogP contribution in [0.1, 0.15) is 27.3 Å². The van der Waals surface area contributed by atoms with Crippen molar-refractivity contribution in [3.63, 3.8) is 0 Å². The fourth-order valence-electron chi connectivity index (χ4n) is 3.97. The molecule has 0 saturated heterocycles. The molecule has 1 aliphatic heterocycles. The molecular weight excluding hydrogens is 473 g/mol. The number of halogens is 3. The van der Waals surface area contributed by atoms with E-state index in [1.54, 1.807) is 18.2 Å². The zero-order chi connectivity index (χ0) is 25.3. The molecule has 0 aliphatic carbocycles. The van der Waals surface area contributed by atoms with Crippen molar-refractivity contribution in [2.75, 3.05) is 6.54 Å². The molecule has 0 radical (unpaired) electrons. The Balaban J connectivity index is 1.48. The first-order chi connectivity index (χ1) is 17.3. The van der Waals surface area contributed by atoms with E-state index in [9.17, 15) is 22.8 Å². The summed E-state index contributed by atoms with van der Waals surface area (Å²) in [4.78, 5) is 32.9. The summed E-state index contributed by atoms with van der Waals surface area (Å²) in [5.74, 6) is -2.82. The summed E-state index contributed by atoms with van der Waals surface area (Å²) < 4.78 is 41.6. The van der Waals surface area contributed by atoms with Crippen LogP contribution in [0, 0.1) is 0 Å². The molecule has 3 aromatic heterocycles. The van der Waals surface area contributed by atoms with Crippen LogP contribution < -0.4 is 10.2 Å². The van der Waals surface area contributed by atoms with E-state index in [1.807, 2.05) is 59.4 Å². The molecular formula is C26H19F3N4O3. The Bertz CT molecular complexity index is 1470. The number of carbonyl (C=O) groups is 2. The average Bonchev–Trinajstić information content (AvgIpc) is 3.52. The fourth-order valence-corrected chi connectivity index (χ4v) is 3.97. The van der Waals surface area contributed by atoms with Crippen molar-refractivity contribution in [3.8, 4) is 16.9 Å². The highest BCUT2D eigenvalue weighted by atomic mass is 19.4. The number of aromatic nitrogens is 3. The summed E-state index contributed by atoms with van der Waals surface area (Å²) in [7, 11) is 0. The van der Waals surface area contributed by atoms with Gasteiger partial charge in [0.15, 0.2) is 0 Å². The van der Waals surface area contributed by atoms with E-state index in [2.05, 4.69) is 10.3 Å². The number of benzene rings is 1. The Morgan fingerprint density at radius 1 is 1.06 bits per heavy atom. The largest absolute Gasteiger partial charge is 0.493 e. The molecule has 0 bridgehead atoms.